The van der Waals surface area contributed by atoms with Crippen molar-refractivity contribution in [3.05, 3.63) is 61.8 Å². The van der Waals surface area contributed by atoms with E-state index in [2.05, 4.69) is 31.9 Å². The second kappa shape index (κ2) is 7.32. The van der Waals surface area contributed by atoms with Crippen LogP contribution in [0.4, 0.5) is 4.39 Å². The zero-order valence-electron chi connectivity index (χ0n) is 11.0. The van der Waals surface area contributed by atoms with E-state index in [4.69, 9.17) is 27.9 Å². The molecule has 0 heterocycles. The van der Waals surface area contributed by atoms with E-state index in [1.54, 1.807) is 18.2 Å². The monoisotopic (exact) mass is 454 g/mol. The van der Waals surface area contributed by atoms with E-state index in [1.165, 1.54) is 12.1 Å². The molecule has 1 unspecified atom stereocenters. The summed E-state index contributed by atoms with van der Waals surface area (Å²) in [6.07, 6.45) is 0. The van der Waals surface area contributed by atoms with Crippen LogP contribution in [0.3, 0.4) is 0 Å². The summed E-state index contributed by atoms with van der Waals surface area (Å²) in [5, 5.41) is 0.967. The standard InChI is InChI=1S/C15H11Br2Cl2FO/c1-2-21-14-7-12(18)10(6-13(14)19)15(17)9-5-8(20)3-4-11(9)16/h3-7,15H,2H2,1H3. The highest BCUT2D eigenvalue weighted by molar-refractivity contribution is 9.11. The van der Waals surface area contributed by atoms with Crippen molar-refractivity contribution in [3.63, 3.8) is 0 Å². The van der Waals surface area contributed by atoms with E-state index in [0.29, 0.717) is 22.4 Å². The lowest BCUT2D eigenvalue weighted by Gasteiger charge is -2.16. The highest BCUT2D eigenvalue weighted by Crippen LogP contribution is 2.42. The van der Waals surface area contributed by atoms with Crippen LogP contribution in [-0.2, 0) is 0 Å². The normalized spacial score (nSPS) is 12.3. The molecule has 2 aromatic carbocycles. The molecule has 0 aliphatic rings. The maximum absolute atomic E-state index is 13.4. The minimum absolute atomic E-state index is 0.289. The number of benzene rings is 2. The summed E-state index contributed by atoms with van der Waals surface area (Å²) >= 11 is 19.4. The molecule has 0 saturated carbocycles. The van der Waals surface area contributed by atoms with Gasteiger partial charge in [-0.05, 0) is 42.3 Å². The molecule has 0 fully saturated rings. The molecule has 21 heavy (non-hydrogen) atoms. The number of rotatable bonds is 4. The fourth-order valence-electron chi connectivity index (χ4n) is 1.88. The van der Waals surface area contributed by atoms with Gasteiger partial charge in [-0.3, -0.25) is 0 Å². The van der Waals surface area contributed by atoms with Crippen LogP contribution < -0.4 is 4.74 Å². The van der Waals surface area contributed by atoms with Gasteiger partial charge < -0.3 is 4.74 Å². The topological polar surface area (TPSA) is 9.23 Å². The van der Waals surface area contributed by atoms with Crippen molar-refractivity contribution in [2.75, 3.05) is 6.61 Å². The minimum Gasteiger partial charge on any atom is -0.492 e. The predicted octanol–water partition coefficient (Wildman–Crippen LogP) is 6.78. The first kappa shape index (κ1) is 17.1. The summed E-state index contributed by atoms with van der Waals surface area (Å²) in [6.45, 7) is 2.37. The van der Waals surface area contributed by atoms with Crippen LogP contribution in [0.1, 0.15) is 22.9 Å². The van der Waals surface area contributed by atoms with E-state index in [1.807, 2.05) is 6.92 Å². The van der Waals surface area contributed by atoms with Crippen molar-refractivity contribution in [2.45, 2.75) is 11.8 Å². The third-order valence-electron chi connectivity index (χ3n) is 2.86. The van der Waals surface area contributed by atoms with E-state index < -0.39 is 0 Å². The van der Waals surface area contributed by atoms with Gasteiger partial charge in [0, 0.05) is 15.6 Å². The van der Waals surface area contributed by atoms with Crippen LogP contribution >= 0.6 is 55.1 Å². The van der Waals surface area contributed by atoms with Crippen molar-refractivity contribution in [3.8, 4) is 5.75 Å². The molecule has 6 heteroatoms. The highest BCUT2D eigenvalue weighted by atomic mass is 79.9. The summed E-state index contributed by atoms with van der Waals surface area (Å²) in [4.78, 5) is -0.289. The third-order valence-corrected chi connectivity index (χ3v) is 5.19. The van der Waals surface area contributed by atoms with Gasteiger partial charge in [0.25, 0.3) is 0 Å². The maximum Gasteiger partial charge on any atom is 0.139 e. The van der Waals surface area contributed by atoms with Gasteiger partial charge in [-0.2, -0.15) is 0 Å². The van der Waals surface area contributed by atoms with Crippen LogP contribution in [0.15, 0.2) is 34.8 Å². The molecule has 112 valence electrons. The van der Waals surface area contributed by atoms with Crippen molar-refractivity contribution in [1.29, 1.82) is 0 Å². The Morgan fingerprint density at radius 1 is 1.14 bits per heavy atom. The van der Waals surface area contributed by atoms with Crippen LogP contribution in [0.25, 0.3) is 0 Å². The van der Waals surface area contributed by atoms with Gasteiger partial charge in [0.05, 0.1) is 16.5 Å². The smallest absolute Gasteiger partial charge is 0.139 e. The van der Waals surface area contributed by atoms with Crippen molar-refractivity contribution >= 4 is 55.1 Å². The molecule has 2 aromatic rings. The van der Waals surface area contributed by atoms with E-state index in [9.17, 15) is 4.39 Å². The quantitative estimate of drug-likeness (QED) is 0.461. The van der Waals surface area contributed by atoms with Gasteiger partial charge >= 0.3 is 0 Å². The Balaban J connectivity index is 2.46. The number of hydrogen-bond acceptors (Lipinski definition) is 1. The second-order valence-corrected chi connectivity index (χ2v) is 6.85. The van der Waals surface area contributed by atoms with Gasteiger partial charge in [0.15, 0.2) is 0 Å². The largest absolute Gasteiger partial charge is 0.492 e. The Kier molecular flexibility index (Phi) is 5.95. The minimum atomic E-state index is -0.314. The summed E-state index contributed by atoms with van der Waals surface area (Å²) in [5.74, 6) is 0.219. The molecule has 0 saturated heterocycles. The number of hydrogen-bond donors (Lipinski definition) is 0. The molecule has 2 rings (SSSR count). The molecular weight excluding hydrogens is 446 g/mol. The van der Waals surface area contributed by atoms with E-state index in [0.717, 1.165) is 15.6 Å². The molecular formula is C15H11Br2Cl2FO. The Hall–Kier alpha value is -0.290. The Morgan fingerprint density at radius 2 is 1.86 bits per heavy atom. The van der Waals surface area contributed by atoms with Crippen molar-refractivity contribution in [2.24, 2.45) is 0 Å². The molecule has 0 aliphatic heterocycles. The molecule has 0 aromatic heterocycles. The van der Waals surface area contributed by atoms with Crippen LogP contribution in [0, 0.1) is 5.82 Å². The molecule has 0 radical (unpaired) electrons. The van der Waals surface area contributed by atoms with Gasteiger partial charge in [-0.15, -0.1) is 0 Å². The third kappa shape index (κ3) is 3.92. The van der Waals surface area contributed by atoms with Crippen molar-refractivity contribution < 1.29 is 9.13 Å². The molecule has 0 amide bonds. The summed E-state index contributed by atoms with van der Waals surface area (Å²) in [5.41, 5.74) is 1.48. The molecule has 1 nitrogen and oxygen atoms in total. The number of ether oxygens (including phenoxy) is 1. The Morgan fingerprint density at radius 3 is 2.52 bits per heavy atom. The molecule has 0 spiro atoms. The van der Waals surface area contributed by atoms with Crippen LogP contribution in [0.5, 0.6) is 5.75 Å². The lowest BCUT2D eigenvalue weighted by molar-refractivity contribution is 0.340. The zero-order chi connectivity index (χ0) is 15.6. The predicted molar refractivity (Wildman–Crippen MR) is 92.5 cm³/mol. The van der Waals surface area contributed by atoms with Crippen molar-refractivity contribution in [1.82, 2.24) is 0 Å². The second-order valence-electron chi connectivity index (χ2n) is 4.27. The van der Waals surface area contributed by atoms with Gasteiger partial charge in [0.1, 0.15) is 11.6 Å². The van der Waals surface area contributed by atoms with Crippen LogP contribution in [0.2, 0.25) is 10.0 Å². The van der Waals surface area contributed by atoms with Gasteiger partial charge in [-0.1, -0.05) is 55.1 Å². The average molecular weight is 457 g/mol. The number of halogens is 5. The first-order valence-electron chi connectivity index (χ1n) is 6.14. The number of alkyl halides is 1. The lowest BCUT2D eigenvalue weighted by Crippen LogP contribution is -1.99. The first-order chi connectivity index (χ1) is 9.93. The Labute approximate surface area is 149 Å². The van der Waals surface area contributed by atoms with Crippen LogP contribution in [-0.4, -0.2) is 6.61 Å². The maximum atomic E-state index is 13.4. The van der Waals surface area contributed by atoms with Gasteiger partial charge in [0.2, 0.25) is 0 Å². The SMILES string of the molecule is CCOc1cc(Cl)c(C(Br)c2cc(F)ccc2Br)cc1Cl. The molecule has 0 aliphatic carbocycles. The highest BCUT2D eigenvalue weighted by Gasteiger charge is 2.19. The average Bonchev–Trinajstić information content (AvgIpc) is 2.44. The van der Waals surface area contributed by atoms with E-state index in [-0.39, 0.29) is 10.6 Å². The summed E-state index contributed by atoms with van der Waals surface area (Å²) in [7, 11) is 0. The zero-order valence-corrected chi connectivity index (χ0v) is 15.7. The molecule has 0 N–H and O–H groups in total. The fourth-order valence-corrected chi connectivity index (χ4v) is 4.04. The first-order valence-corrected chi connectivity index (χ1v) is 8.61. The fraction of sp³-hybridized carbons (Fsp3) is 0.200. The molecule has 1 atom stereocenters. The summed E-state index contributed by atoms with van der Waals surface area (Å²) < 4.78 is 19.6. The lowest BCUT2D eigenvalue weighted by atomic mass is 10.0. The van der Waals surface area contributed by atoms with E-state index >= 15 is 0 Å². The summed E-state index contributed by atoms with van der Waals surface area (Å²) in [6, 6.07) is 7.89. The Bertz CT molecular complexity index is 664. The molecule has 0 bridgehead atoms. The van der Waals surface area contributed by atoms with Gasteiger partial charge in [-0.25, -0.2) is 4.39 Å².